The van der Waals surface area contributed by atoms with Gasteiger partial charge in [-0.25, -0.2) is 22.0 Å². The highest BCUT2D eigenvalue weighted by atomic mass is 32.1. The highest BCUT2D eigenvalue weighted by Crippen LogP contribution is 2.23. The van der Waals surface area contributed by atoms with E-state index in [1.54, 1.807) is 0 Å². The summed E-state index contributed by atoms with van der Waals surface area (Å²) >= 11 is 8.36. The summed E-state index contributed by atoms with van der Waals surface area (Å²) in [6.07, 6.45) is 0. The third-order valence-corrected chi connectivity index (χ3v) is 1.82. The first-order valence-electron chi connectivity index (χ1n) is 4.89. The Morgan fingerprint density at radius 3 is 1.21 bits per heavy atom. The Bertz CT molecular complexity index is 462. The fourth-order valence-corrected chi connectivity index (χ4v) is 1.14. The van der Waals surface area contributed by atoms with E-state index in [1.165, 1.54) is 0 Å². The molecule has 19 heavy (non-hydrogen) atoms. The summed E-state index contributed by atoms with van der Waals surface area (Å²) in [5.74, 6) is -10.3. The number of halogens is 5. The number of benzene rings is 1. The Hall–Kier alpha value is -0.860. The molecule has 0 spiro atoms. The Labute approximate surface area is 119 Å². The van der Waals surface area contributed by atoms with Gasteiger partial charge in [0.25, 0.3) is 0 Å². The molecule has 0 aliphatic carbocycles. The molecule has 0 aromatic heterocycles. The number of rotatable bonds is 1. The van der Waals surface area contributed by atoms with Crippen molar-refractivity contribution in [3.8, 4) is 0 Å². The van der Waals surface area contributed by atoms with E-state index < -0.39 is 38.8 Å². The van der Waals surface area contributed by atoms with Crippen LogP contribution >= 0.6 is 12.2 Å². The van der Waals surface area contributed by atoms with Crippen molar-refractivity contribution in [2.24, 2.45) is 0 Å². The minimum atomic E-state index is -2.23. The number of thiocarbonyl (C=S) groups is 1. The SMILES string of the molecule is C[N+](C)(C)C.Fc1c(F)c(F)c(C(=S)[S-])c(F)c1F. The lowest BCUT2D eigenvalue weighted by Gasteiger charge is -2.14. The number of hydrogen-bond donors (Lipinski definition) is 0. The van der Waals surface area contributed by atoms with Crippen molar-refractivity contribution in [3.05, 3.63) is 34.6 Å². The van der Waals surface area contributed by atoms with Gasteiger partial charge in [-0.3, -0.25) is 0 Å². The molecular weight excluding hydrogens is 305 g/mol. The van der Waals surface area contributed by atoms with Gasteiger partial charge < -0.3 is 29.3 Å². The van der Waals surface area contributed by atoms with E-state index in [0.29, 0.717) is 0 Å². The number of nitrogens with zero attached hydrogens (tertiary/aromatic N) is 1. The zero-order valence-electron chi connectivity index (χ0n) is 10.7. The Morgan fingerprint density at radius 1 is 0.789 bits per heavy atom. The van der Waals surface area contributed by atoms with Crippen LogP contribution in [-0.2, 0) is 12.6 Å². The van der Waals surface area contributed by atoms with Gasteiger partial charge in [0, 0.05) is 5.56 Å². The minimum Gasteiger partial charge on any atom is -0.428 e. The molecule has 1 aromatic carbocycles. The van der Waals surface area contributed by atoms with E-state index in [0.717, 1.165) is 4.48 Å². The maximum absolute atomic E-state index is 12.8. The first-order valence-corrected chi connectivity index (χ1v) is 5.71. The zero-order valence-corrected chi connectivity index (χ0v) is 12.3. The molecule has 0 saturated heterocycles. The molecule has 0 radical (unpaired) electrons. The van der Waals surface area contributed by atoms with Crippen molar-refractivity contribution in [1.29, 1.82) is 0 Å². The largest absolute Gasteiger partial charge is 0.428 e. The quantitative estimate of drug-likeness (QED) is 0.195. The van der Waals surface area contributed by atoms with Crippen LogP contribution in [0.15, 0.2) is 0 Å². The van der Waals surface area contributed by atoms with E-state index in [4.69, 9.17) is 0 Å². The van der Waals surface area contributed by atoms with Gasteiger partial charge in [0.2, 0.25) is 5.82 Å². The molecule has 108 valence electrons. The molecule has 0 fully saturated rings. The molecule has 8 heteroatoms. The third kappa shape index (κ3) is 5.33. The lowest BCUT2D eigenvalue weighted by Crippen LogP contribution is -2.27. The normalized spacial score (nSPS) is 10.8. The standard InChI is InChI=1S/C7HF5S2.C4H12N/c8-2-1(7(13)14)3(9)5(11)6(12)4(2)10;1-5(2,3)4/h(H,13,14);1-4H3/q;+1/p-1. The summed E-state index contributed by atoms with van der Waals surface area (Å²) < 4.78 is 63.2. The summed E-state index contributed by atoms with van der Waals surface area (Å²) in [6, 6.07) is 0. The number of quaternary nitrogens is 1. The van der Waals surface area contributed by atoms with Crippen LogP contribution in [0.25, 0.3) is 0 Å². The predicted molar refractivity (Wildman–Crippen MR) is 69.3 cm³/mol. The van der Waals surface area contributed by atoms with Crippen LogP contribution < -0.4 is 0 Å². The molecule has 1 nitrogen and oxygen atoms in total. The highest BCUT2D eigenvalue weighted by Gasteiger charge is 2.24. The van der Waals surface area contributed by atoms with Crippen LogP contribution in [-0.4, -0.2) is 36.9 Å². The van der Waals surface area contributed by atoms with Crippen molar-refractivity contribution in [2.75, 3.05) is 28.2 Å². The van der Waals surface area contributed by atoms with Gasteiger partial charge in [-0.1, -0.05) is 0 Å². The van der Waals surface area contributed by atoms with Gasteiger partial charge in [0.05, 0.1) is 28.2 Å². The highest BCUT2D eigenvalue weighted by molar-refractivity contribution is 8.01. The molecule has 0 atom stereocenters. The molecule has 0 unspecified atom stereocenters. The third-order valence-electron chi connectivity index (χ3n) is 1.41. The fourth-order valence-electron chi connectivity index (χ4n) is 0.784. The number of hydrogen-bond acceptors (Lipinski definition) is 2. The second-order valence-electron chi connectivity index (χ2n) is 4.92. The van der Waals surface area contributed by atoms with Crippen molar-refractivity contribution in [1.82, 2.24) is 0 Å². The fraction of sp³-hybridized carbons (Fsp3) is 0.364. The maximum Gasteiger partial charge on any atom is 0.200 e. The molecule has 0 amide bonds. The lowest BCUT2D eigenvalue weighted by atomic mass is 10.2. The van der Waals surface area contributed by atoms with Crippen LogP contribution in [0.1, 0.15) is 5.56 Å². The molecular formula is C11H12F5NS2. The summed E-state index contributed by atoms with van der Waals surface area (Å²) in [7, 11) is 8.50. The Morgan fingerprint density at radius 2 is 1.00 bits per heavy atom. The minimum absolute atomic E-state index is 0.808. The monoisotopic (exact) mass is 317 g/mol. The van der Waals surface area contributed by atoms with E-state index in [2.05, 4.69) is 53.0 Å². The van der Waals surface area contributed by atoms with Crippen LogP contribution in [0.4, 0.5) is 22.0 Å². The average molecular weight is 317 g/mol. The van der Waals surface area contributed by atoms with Gasteiger partial charge in [-0.05, 0) is 0 Å². The summed E-state index contributed by atoms with van der Waals surface area (Å²) in [4.78, 5) is 0. The molecule has 0 saturated carbocycles. The summed E-state index contributed by atoms with van der Waals surface area (Å²) in [5.41, 5.74) is -1.23. The average Bonchev–Trinajstić information content (AvgIpc) is 2.21. The second kappa shape index (κ2) is 6.53. The van der Waals surface area contributed by atoms with Gasteiger partial charge in [-0.2, -0.15) is 0 Å². The molecule has 0 bridgehead atoms. The van der Waals surface area contributed by atoms with Crippen molar-refractivity contribution in [2.45, 2.75) is 0 Å². The van der Waals surface area contributed by atoms with E-state index in [9.17, 15) is 22.0 Å². The molecule has 0 aliphatic rings. The lowest BCUT2D eigenvalue weighted by molar-refractivity contribution is -0.849. The van der Waals surface area contributed by atoms with E-state index in [-0.39, 0.29) is 0 Å². The molecule has 0 aliphatic heterocycles. The smallest absolute Gasteiger partial charge is 0.200 e. The van der Waals surface area contributed by atoms with E-state index in [1.807, 2.05) is 0 Å². The first kappa shape index (κ1) is 18.1. The second-order valence-corrected chi connectivity index (χ2v) is 5.99. The molecule has 0 heterocycles. The van der Waals surface area contributed by atoms with Crippen LogP contribution in [0.5, 0.6) is 0 Å². The Kier molecular flexibility index (Phi) is 6.24. The predicted octanol–water partition coefficient (Wildman–Crippen LogP) is 2.93. The van der Waals surface area contributed by atoms with Gasteiger partial charge >= 0.3 is 0 Å². The van der Waals surface area contributed by atoms with Crippen LogP contribution in [0.2, 0.25) is 0 Å². The van der Waals surface area contributed by atoms with Crippen LogP contribution in [0, 0.1) is 29.1 Å². The summed E-state index contributed by atoms with van der Waals surface area (Å²) in [6.45, 7) is 0. The molecule has 0 N–H and O–H groups in total. The first-order chi connectivity index (χ1) is 8.37. The van der Waals surface area contributed by atoms with Gasteiger partial charge in [0.15, 0.2) is 23.3 Å². The topological polar surface area (TPSA) is 0 Å². The van der Waals surface area contributed by atoms with Crippen molar-refractivity contribution < 1.29 is 26.4 Å². The van der Waals surface area contributed by atoms with Gasteiger partial charge in [0.1, 0.15) is 0 Å². The zero-order chi connectivity index (χ0) is 15.5. The summed E-state index contributed by atoms with van der Waals surface area (Å²) in [5, 5.41) is 0. The van der Waals surface area contributed by atoms with Gasteiger partial charge in [-0.15, -0.1) is 4.20 Å². The van der Waals surface area contributed by atoms with Crippen LogP contribution in [0.3, 0.4) is 0 Å². The van der Waals surface area contributed by atoms with Crippen molar-refractivity contribution >= 4 is 29.0 Å². The molecule has 1 aromatic rings. The molecule has 1 rings (SSSR count). The van der Waals surface area contributed by atoms with Crippen molar-refractivity contribution in [3.63, 3.8) is 0 Å². The Balaban J connectivity index is 0.000000555. The maximum atomic E-state index is 12.8. The van der Waals surface area contributed by atoms with E-state index >= 15 is 0 Å².